The number of carbonyl (C=O) groups excluding carboxylic acids is 1. The van der Waals surface area contributed by atoms with E-state index in [1.54, 1.807) is 29.7 Å². The lowest BCUT2D eigenvalue weighted by Gasteiger charge is -2.26. The molecule has 0 bridgehead atoms. The normalized spacial score (nSPS) is 12.1. The third-order valence-electron chi connectivity index (χ3n) is 4.81. The molecular weight excluding hydrogens is 444 g/mol. The summed E-state index contributed by atoms with van der Waals surface area (Å²) in [6, 6.07) is 23.1. The molecule has 33 heavy (non-hydrogen) atoms. The summed E-state index contributed by atoms with van der Waals surface area (Å²) in [6.07, 6.45) is -0.206. The molecule has 0 aliphatic heterocycles. The Morgan fingerprint density at radius 3 is 2.09 bits per heavy atom. The lowest BCUT2D eigenvalue weighted by atomic mass is 10.2. The van der Waals surface area contributed by atoms with Gasteiger partial charge in [-0.05, 0) is 48.9 Å². The third kappa shape index (κ3) is 7.04. The van der Waals surface area contributed by atoms with Crippen molar-refractivity contribution >= 4 is 21.6 Å². The summed E-state index contributed by atoms with van der Waals surface area (Å²) in [5.74, 6) is 0.335. The van der Waals surface area contributed by atoms with E-state index in [2.05, 4.69) is 0 Å². The predicted molar refractivity (Wildman–Crippen MR) is 125 cm³/mol. The molecule has 3 aromatic carbocycles. The van der Waals surface area contributed by atoms with Crippen molar-refractivity contribution in [2.24, 2.45) is 0 Å². The lowest BCUT2D eigenvalue weighted by molar-refractivity contribution is -0.141. The molecule has 0 radical (unpaired) electrons. The summed E-state index contributed by atoms with van der Waals surface area (Å²) in [6.45, 7) is 1.72. The molecule has 1 atom stereocenters. The summed E-state index contributed by atoms with van der Waals surface area (Å²) in [5.41, 5.74) is 3.78. The van der Waals surface area contributed by atoms with E-state index in [1.807, 2.05) is 61.5 Å². The molecule has 1 amide bonds. The van der Waals surface area contributed by atoms with Crippen LogP contribution in [0.1, 0.15) is 11.1 Å². The van der Waals surface area contributed by atoms with E-state index in [0.717, 1.165) is 21.7 Å². The Bertz CT molecular complexity index is 1150. The highest BCUT2D eigenvalue weighted by molar-refractivity contribution is 7.92. The van der Waals surface area contributed by atoms with E-state index in [9.17, 15) is 13.2 Å². The second-order valence-corrected chi connectivity index (χ2v) is 9.37. The van der Waals surface area contributed by atoms with Gasteiger partial charge < -0.3 is 9.47 Å². The summed E-state index contributed by atoms with van der Waals surface area (Å²) >= 11 is 0. The Morgan fingerprint density at radius 2 is 1.55 bits per heavy atom. The van der Waals surface area contributed by atoms with E-state index in [1.165, 1.54) is 0 Å². The minimum atomic E-state index is -3.76. The smallest absolute Gasteiger partial charge is 0.274 e. The van der Waals surface area contributed by atoms with Gasteiger partial charge in [0.25, 0.3) is 5.91 Å². The number of amides is 1. The average molecular weight is 471 g/mol. The second-order valence-electron chi connectivity index (χ2n) is 7.46. The van der Waals surface area contributed by atoms with E-state index in [0.29, 0.717) is 17.2 Å². The summed E-state index contributed by atoms with van der Waals surface area (Å²) in [4.78, 5) is 12.2. The van der Waals surface area contributed by atoms with Crippen molar-refractivity contribution in [2.45, 2.75) is 19.6 Å². The number of nitrogens with zero attached hydrogens (tertiary/aromatic N) is 1. The van der Waals surface area contributed by atoms with E-state index in [4.69, 9.17) is 14.7 Å². The van der Waals surface area contributed by atoms with Gasteiger partial charge in [-0.1, -0.05) is 48.0 Å². The first-order chi connectivity index (χ1) is 15.8. The maximum absolute atomic E-state index is 12.5. The van der Waals surface area contributed by atoms with Crippen LogP contribution in [0.2, 0.25) is 0 Å². The van der Waals surface area contributed by atoms with E-state index >= 15 is 0 Å². The van der Waals surface area contributed by atoms with Gasteiger partial charge in [0.2, 0.25) is 10.0 Å². The number of benzene rings is 3. The molecule has 9 heteroatoms. The highest BCUT2D eigenvalue weighted by atomic mass is 32.2. The third-order valence-corrected chi connectivity index (χ3v) is 5.97. The fraction of sp³-hybridized carbons (Fsp3) is 0.208. The van der Waals surface area contributed by atoms with Crippen LogP contribution in [0.15, 0.2) is 78.9 Å². The molecule has 3 rings (SSSR count). The van der Waals surface area contributed by atoms with Crippen LogP contribution in [0.25, 0.3) is 0 Å². The highest BCUT2D eigenvalue weighted by Gasteiger charge is 2.27. The van der Waals surface area contributed by atoms with Crippen LogP contribution in [0.5, 0.6) is 11.5 Å². The Kier molecular flexibility index (Phi) is 8.05. The monoisotopic (exact) mass is 470 g/mol. The van der Waals surface area contributed by atoms with Crippen molar-refractivity contribution in [3.8, 4) is 11.5 Å². The minimum Gasteiger partial charge on any atom is -0.457 e. The van der Waals surface area contributed by atoms with Gasteiger partial charge in [0, 0.05) is 0 Å². The summed E-state index contributed by atoms with van der Waals surface area (Å²) in [5, 5.41) is 9.12. The molecule has 0 saturated carbocycles. The number of hydrogen-bond donors (Lipinski definition) is 2. The topological polar surface area (TPSA) is 105 Å². The van der Waals surface area contributed by atoms with Crippen molar-refractivity contribution in [1.82, 2.24) is 5.48 Å². The first kappa shape index (κ1) is 24.2. The number of hydroxylamine groups is 1. The van der Waals surface area contributed by atoms with Gasteiger partial charge in [-0.25, -0.2) is 13.9 Å². The Morgan fingerprint density at radius 1 is 0.970 bits per heavy atom. The molecular formula is C24H26N2O6S. The molecule has 0 aromatic heterocycles. The van der Waals surface area contributed by atoms with Crippen LogP contribution < -0.4 is 14.5 Å². The maximum atomic E-state index is 12.5. The van der Waals surface area contributed by atoms with Crippen molar-refractivity contribution in [1.29, 1.82) is 0 Å². The number of rotatable bonds is 10. The standard InChI is InChI=1S/C24H26N2O6S/c1-18-8-12-21(13-9-18)32-22-14-10-20(11-15-22)26(33(2,29)30)16-23(24(27)25-28)31-17-19-6-4-3-5-7-19/h3-15,23,28H,16-17H2,1-2H3,(H,25,27). The van der Waals surface area contributed by atoms with Crippen molar-refractivity contribution < 1.29 is 27.9 Å². The average Bonchev–Trinajstić information content (AvgIpc) is 2.81. The van der Waals surface area contributed by atoms with Crippen LogP contribution in [0.4, 0.5) is 5.69 Å². The zero-order chi connectivity index (χ0) is 23.8. The molecule has 3 aromatic rings. The van der Waals surface area contributed by atoms with Gasteiger partial charge in [-0.3, -0.25) is 14.3 Å². The predicted octanol–water partition coefficient (Wildman–Crippen LogP) is 3.64. The zero-order valence-corrected chi connectivity index (χ0v) is 19.2. The molecule has 0 aliphatic rings. The molecule has 0 fully saturated rings. The van der Waals surface area contributed by atoms with Gasteiger partial charge in [0.1, 0.15) is 11.5 Å². The van der Waals surface area contributed by atoms with Gasteiger partial charge >= 0.3 is 0 Å². The summed E-state index contributed by atoms with van der Waals surface area (Å²) in [7, 11) is -3.76. The van der Waals surface area contributed by atoms with Gasteiger partial charge in [0.15, 0.2) is 6.10 Å². The van der Waals surface area contributed by atoms with Crippen LogP contribution in [0.3, 0.4) is 0 Å². The SMILES string of the molecule is Cc1ccc(Oc2ccc(N(CC(OCc3ccccc3)C(=O)NO)S(C)(=O)=O)cc2)cc1. The van der Waals surface area contributed by atoms with Crippen molar-refractivity contribution in [2.75, 3.05) is 17.1 Å². The maximum Gasteiger partial charge on any atom is 0.274 e. The van der Waals surface area contributed by atoms with E-state index in [-0.39, 0.29) is 13.2 Å². The summed E-state index contributed by atoms with van der Waals surface area (Å²) < 4.78 is 37.5. The Hall–Kier alpha value is -3.40. The number of hydrogen-bond acceptors (Lipinski definition) is 6. The number of anilines is 1. The number of sulfonamides is 1. The van der Waals surface area contributed by atoms with Crippen molar-refractivity contribution in [3.63, 3.8) is 0 Å². The Balaban J connectivity index is 1.77. The number of ether oxygens (including phenoxy) is 2. The first-order valence-corrected chi connectivity index (χ1v) is 12.0. The van der Waals surface area contributed by atoms with E-state index < -0.39 is 22.0 Å². The zero-order valence-electron chi connectivity index (χ0n) is 18.3. The van der Waals surface area contributed by atoms with Gasteiger partial charge in [-0.15, -0.1) is 0 Å². The fourth-order valence-electron chi connectivity index (χ4n) is 3.06. The van der Waals surface area contributed by atoms with Crippen LogP contribution in [-0.2, 0) is 26.2 Å². The molecule has 2 N–H and O–H groups in total. The van der Waals surface area contributed by atoms with Crippen molar-refractivity contribution in [3.05, 3.63) is 90.0 Å². The first-order valence-electron chi connectivity index (χ1n) is 10.2. The molecule has 0 saturated heterocycles. The van der Waals surface area contributed by atoms with Gasteiger partial charge in [0.05, 0.1) is 25.1 Å². The molecule has 174 valence electrons. The fourth-order valence-corrected chi connectivity index (χ4v) is 3.97. The van der Waals surface area contributed by atoms with Gasteiger partial charge in [-0.2, -0.15) is 0 Å². The molecule has 0 aliphatic carbocycles. The molecule has 0 spiro atoms. The molecule has 1 unspecified atom stereocenters. The highest BCUT2D eigenvalue weighted by Crippen LogP contribution is 2.26. The van der Waals surface area contributed by atoms with Crippen LogP contribution >= 0.6 is 0 Å². The molecule has 8 nitrogen and oxygen atoms in total. The quantitative estimate of drug-likeness (QED) is 0.346. The Labute approximate surface area is 193 Å². The number of carbonyl (C=O) groups is 1. The largest absolute Gasteiger partial charge is 0.457 e. The number of nitrogens with one attached hydrogen (secondary N) is 1. The second kappa shape index (κ2) is 11.0. The van der Waals surface area contributed by atoms with Crippen LogP contribution in [-0.4, -0.2) is 38.4 Å². The number of aryl methyl sites for hydroxylation is 1. The minimum absolute atomic E-state index is 0.0693. The van der Waals surface area contributed by atoms with Crippen LogP contribution in [0, 0.1) is 6.92 Å². The molecule has 0 heterocycles. The lowest BCUT2D eigenvalue weighted by Crippen LogP contribution is -2.45.